The maximum Gasteiger partial charge on any atom is 0.316 e. The highest BCUT2D eigenvalue weighted by Gasteiger charge is 2.30. The van der Waals surface area contributed by atoms with Crippen LogP contribution in [0.5, 0.6) is 11.5 Å². The van der Waals surface area contributed by atoms with Crippen molar-refractivity contribution < 1.29 is 12.3 Å². The minimum Gasteiger partial charge on any atom is -0.447 e. The first-order valence-corrected chi connectivity index (χ1v) is 12.2. The Morgan fingerprint density at radius 3 is 0.882 bits per heavy atom. The molecule has 2 aromatic carbocycles. The molecule has 0 saturated carbocycles. The topological polar surface area (TPSA) is 18.5 Å². The van der Waals surface area contributed by atoms with Crippen molar-refractivity contribution in [2.45, 2.75) is 119 Å². The van der Waals surface area contributed by atoms with E-state index in [1.807, 2.05) is 0 Å². The van der Waals surface area contributed by atoms with Crippen LogP contribution >= 0.6 is 0 Å². The zero-order valence-electron chi connectivity index (χ0n) is 24.3. The van der Waals surface area contributed by atoms with Crippen molar-refractivity contribution in [1.29, 1.82) is 0 Å². The maximum absolute atomic E-state index is 6.40. The molecule has 0 amide bonds. The monoisotopic (exact) mass is 482 g/mol. The number of aryl methyl sites for hydroxylation is 2. The summed E-state index contributed by atoms with van der Waals surface area (Å²) in [4.78, 5) is 0. The summed E-state index contributed by atoms with van der Waals surface area (Å²) in [7, 11) is 0. The minimum atomic E-state index is -0.0494. The molecule has 3 heteroatoms. The van der Waals surface area contributed by atoms with E-state index in [4.69, 9.17) is 9.47 Å². The third kappa shape index (κ3) is 7.29. The lowest BCUT2D eigenvalue weighted by atomic mass is 9.78. The zero-order valence-corrected chi connectivity index (χ0v) is 25.4. The molecule has 34 heavy (non-hydrogen) atoms. The SMILES string of the molecule is Cc1cc(C(C)(C)C)c(O[CH]Oc2c(C(C)(C)C)cc(C)cc2C(C)(C)C)c(C(C)(C)C)c1.[Al].[HH].[HH]. The fraction of sp³-hybridized carbons (Fsp3) is 0.581. The van der Waals surface area contributed by atoms with Gasteiger partial charge >= 0.3 is 6.79 Å². The summed E-state index contributed by atoms with van der Waals surface area (Å²) in [5, 5.41) is 0. The molecule has 2 nitrogen and oxygen atoms in total. The van der Waals surface area contributed by atoms with Crippen LogP contribution in [0.4, 0.5) is 0 Å². The van der Waals surface area contributed by atoms with E-state index in [1.54, 1.807) is 6.79 Å². The van der Waals surface area contributed by atoms with Crippen LogP contribution in [0.3, 0.4) is 0 Å². The van der Waals surface area contributed by atoms with E-state index in [0.717, 1.165) is 11.5 Å². The molecule has 0 atom stereocenters. The van der Waals surface area contributed by atoms with Crippen LogP contribution in [-0.4, -0.2) is 17.4 Å². The molecule has 0 aliphatic carbocycles. The molecule has 0 spiro atoms. The summed E-state index contributed by atoms with van der Waals surface area (Å²) < 4.78 is 12.8. The average molecular weight is 483 g/mol. The normalized spacial score (nSPS) is 12.9. The third-order valence-corrected chi connectivity index (χ3v) is 6.03. The quantitative estimate of drug-likeness (QED) is 0.404. The van der Waals surface area contributed by atoms with Gasteiger partial charge in [-0.3, -0.25) is 0 Å². The first kappa shape index (κ1) is 30.6. The molecule has 2 rings (SSSR count). The van der Waals surface area contributed by atoms with Gasteiger partial charge in [0, 0.05) is 42.5 Å². The van der Waals surface area contributed by atoms with Crippen LogP contribution in [0.2, 0.25) is 0 Å². The summed E-state index contributed by atoms with van der Waals surface area (Å²) in [5.41, 5.74) is 7.10. The van der Waals surface area contributed by atoms with Crippen molar-refractivity contribution in [3.63, 3.8) is 0 Å². The molecule has 0 heterocycles. The number of hydrogen-bond acceptors (Lipinski definition) is 2. The van der Waals surface area contributed by atoms with Crippen LogP contribution in [-0.2, 0) is 21.7 Å². The van der Waals surface area contributed by atoms with Crippen LogP contribution in [0.25, 0.3) is 0 Å². The molecule has 0 aliphatic rings. The van der Waals surface area contributed by atoms with Gasteiger partial charge in [0.05, 0.1) is 0 Å². The Kier molecular flexibility index (Phi) is 9.25. The van der Waals surface area contributed by atoms with Gasteiger partial charge in [0.25, 0.3) is 0 Å². The molecule has 0 N–H and O–H groups in total. The fourth-order valence-electron chi connectivity index (χ4n) is 4.15. The Morgan fingerprint density at radius 2 is 0.706 bits per heavy atom. The van der Waals surface area contributed by atoms with Gasteiger partial charge in [-0.25, -0.2) is 0 Å². The second kappa shape index (κ2) is 10.3. The number of rotatable bonds is 4. The Bertz CT molecular complexity index is 850. The van der Waals surface area contributed by atoms with E-state index in [9.17, 15) is 0 Å². The summed E-state index contributed by atoms with van der Waals surface area (Å²) in [5.74, 6) is 1.81. The molecule has 0 saturated heterocycles. The average Bonchev–Trinajstić information content (AvgIpc) is 2.59. The molecule has 0 aromatic heterocycles. The molecular formula is C31H51AlO2. The Labute approximate surface area is 223 Å². The van der Waals surface area contributed by atoms with Crippen molar-refractivity contribution in [2.75, 3.05) is 0 Å². The van der Waals surface area contributed by atoms with Gasteiger partial charge in [-0.15, -0.1) is 0 Å². The van der Waals surface area contributed by atoms with Crippen molar-refractivity contribution in [3.8, 4) is 11.5 Å². The summed E-state index contributed by atoms with van der Waals surface area (Å²) in [6, 6.07) is 8.97. The largest absolute Gasteiger partial charge is 0.447 e. The van der Waals surface area contributed by atoms with Gasteiger partial charge in [0.15, 0.2) is 0 Å². The standard InChI is InChI=1S/C31H47O2.Al.2H2/c1-20-15-22(28(3,4)5)26(23(16-20)29(6,7)8)32-19-33-27-24(30(9,10)11)17-21(2)18-25(27)31(12,13)14;;;/h15-19H,1-14H3;;2*1H. The molecule has 0 aliphatic heterocycles. The van der Waals surface area contributed by atoms with Crippen LogP contribution in [0.15, 0.2) is 24.3 Å². The lowest BCUT2D eigenvalue weighted by molar-refractivity contribution is 0.197. The second-order valence-electron chi connectivity index (χ2n) is 13.7. The van der Waals surface area contributed by atoms with Gasteiger partial charge < -0.3 is 9.47 Å². The molecule has 190 valence electrons. The lowest BCUT2D eigenvalue weighted by Gasteiger charge is -2.31. The first-order chi connectivity index (χ1) is 14.7. The number of hydrogen-bond donors (Lipinski definition) is 0. The molecule has 2 aromatic rings. The van der Waals surface area contributed by atoms with Crippen LogP contribution in [0.1, 0.15) is 119 Å². The summed E-state index contributed by atoms with van der Waals surface area (Å²) in [6.45, 7) is 32.7. The Balaban J connectivity index is 0. The van der Waals surface area contributed by atoms with Gasteiger partial charge in [-0.1, -0.05) is 118 Å². The minimum absolute atomic E-state index is 0. The highest BCUT2D eigenvalue weighted by atomic mass is 27.0. The van der Waals surface area contributed by atoms with Gasteiger partial charge in [0.2, 0.25) is 0 Å². The van der Waals surface area contributed by atoms with E-state index in [0.29, 0.717) is 0 Å². The number of ether oxygens (including phenoxy) is 2. The van der Waals surface area contributed by atoms with Crippen molar-refractivity contribution in [1.82, 2.24) is 0 Å². The highest BCUT2D eigenvalue weighted by Crippen LogP contribution is 2.43. The van der Waals surface area contributed by atoms with Crippen LogP contribution < -0.4 is 9.47 Å². The second-order valence-corrected chi connectivity index (χ2v) is 13.7. The Morgan fingerprint density at radius 1 is 0.500 bits per heavy atom. The molecule has 0 fully saturated rings. The fourth-order valence-corrected chi connectivity index (χ4v) is 4.15. The lowest BCUT2D eigenvalue weighted by Crippen LogP contribution is -2.22. The third-order valence-electron chi connectivity index (χ3n) is 6.03. The maximum atomic E-state index is 6.40. The smallest absolute Gasteiger partial charge is 0.316 e. The van der Waals surface area contributed by atoms with Gasteiger partial charge in [0.1, 0.15) is 11.5 Å². The van der Waals surface area contributed by atoms with E-state index in [2.05, 4.69) is 121 Å². The van der Waals surface area contributed by atoms with Gasteiger partial charge in [-0.2, -0.15) is 0 Å². The van der Waals surface area contributed by atoms with E-state index < -0.39 is 0 Å². The van der Waals surface area contributed by atoms with E-state index in [1.165, 1.54) is 33.4 Å². The zero-order chi connectivity index (χ0) is 25.6. The van der Waals surface area contributed by atoms with Crippen molar-refractivity contribution >= 4 is 17.4 Å². The van der Waals surface area contributed by atoms with E-state index >= 15 is 0 Å². The van der Waals surface area contributed by atoms with E-state index in [-0.39, 0.29) is 41.9 Å². The van der Waals surface area contributed by atoms with Gasteiger partial charge in [-0.05, 0) is 35.5 Å². The van der Waals surface area contributed by atoms with Crippen LogP contribution in [0, 0.1) is 20.6 Å². The molecule has 0 bridgehead atoms. The molecule has 4 radical (unpaired) electrons. The van der Waals surface area contributed by atoms with Crippen molar-refractivity contribution in [3.05, 3.63) is 64.4 Å². The predicted molar refractivity (Wildman–Crippen MR) is 153 cm³/mol. The highest BCUT2D eigenvalue weighted by molar-refractivity contribution is 5.75. The summed E-state index contributed by atoms with van der Waals surface area (Å²) >= 11 is 0. The first-order valence-electron chi connectivity index (χ1n) is 12.2. The predicted octanol–water partition coefficient (Wildman–Crippen LogP) is 9.18. The Hall–Kier alpha value is -1.43. The van der Waals surface area contributed by atoms with Crippen molar-refractivity contribution in [2.24, 2.45) is 0 Å². The number of benzene rings is 2. The molecule has 0 unspecified atom stereocenters. The summed E-state index contributed by atoms with van der Waals surface area (Å²) in [6.07, 6.45) is 0. The molecular weight excluding hydrogens is 431 g/mol.